The highest BCUT2D eigenvalue weighted by atomic mass is 35.5. The van der Waals surface area contributed by atoms with Crippen molar-refractivity contribution in [1.82, 2.24) is 19.6 Å². The van der Waals surface area contributed by atoms with Crippen molar-refractivity contribution in [2.45, 2.75) is 0 Å². The molecule has 0 radical (unpaired) electrons. The van der Waals surface area contributed by atoms with E-state index in [4.69, 9.17) is 11.6 Å². The summed E-state index contributed by atoms with van der Waals surface area (Å²) in [5.74, 6) is -0.377. The molecule has 0 atom stereocenters. The van der Waals surface area contributed by atoms with Crippen molar-refractivity contribution in [3.8, 4) is 22.5 Å². The smallest absolute Gasteiger partial charge is 0.153 e. The van der Waals surface area contributed by atoms with Crippen LogP contribution in [0.25, 0.3) is 28.2 Å². The minimum atomic E-state index is -0.377. The first kappa shape index (κ1) is 13.8. The molecule has 1 aromatic carbocycles. The van der Waals surface area contributed by atoms with Crippen molar-refractivity contribution >= 4 is 17.2 Å². The molecule has 0 spiro atoms. The number of nitrogens with zero attached hydrogens (tertiary/aromatic N) is 4. The van der Waals surface area contributed by atoms with E-state index in [0.29, 0.717) is 22.0 Å². The second-order valence-electron chi connectivity index (χ2n) is 4.97. The van der Waals surface area contributed by atoms with Crippen LogP contribution in [0.1, 0.15) is 0 Å². The molecule has 0 fully saturated rings. The van der Waals surface area contributed by atoms with Crippen molar-refractivity contribution in [3.63, 3.8) is 0 Å². The summed E-state index contributed by atoms with van der Waals surface area (Å²) in [5, 5.41) is 4.96. The Morgan fingerprint density at radius 3 is 2.78 bits per heavy atom. The van der Waals surface area contributed by atoms with Crippen LogP contribution in [0.4, 0.5) is 4.39 Å². The Hall–Kier alpha value is -2.79. The van der Waals surface area contributed by atoms with Gasteiger partial charge in [0.2, 0.25) is 0 Å². The Bertz CT molecular complexity index is 1010. The fourth-order valence-electron chi connectivity index (χ4n) is 2.46. The molecule has 112 valence electrons. The summed E-state index contributed by atoms with van der Waals surface area (Å²) in [6.45, 7) is 0. The van der Waals surface area contributed by atoms with E-state index in [9.17, 15) is 4.39 Å². The van der Waals surface area contributed by atoms with Gasteiger partial charge in [0, 0.05) is 34.7 Å². The lowest BCUT2D eigenvalue weighted by atomic mass is 10.0. The molecule has 3 heterocycles. The van der Waals surface area contributed by atoms with Crippen LogP contribution in [0.3, 0.4) is 0 Å². The molecule has 23 heavy (non-hydrogen) atoms. The van der Waals surface area contributed by atoms with Gasteiger partial charge in [-0.05, 0) is 42.5 Å². The van der Waals surface area contributed by atoms with Crippen LogP contribution in [-0.2, 0) is 0 Å². The van der Waals surface area contributed by atoms with E-state index in [1.165, 1.54) is 12.1 Å². The molecule has 0 saturated carbocycles. The number of aromatic nitrogens is 4. The van der Waals surface area contributed by atoms with Gasteiger partial charge in [-0.25, -0.2) is 13.9 Å². The maximum absolute atomic E-state index is 14.2. The van der Waals surface area contributed by atoms with Gasteiger partial charge in [-0.2, -0.15) is 5.10 Å². The first-order valence-corrected chi connectivity index (χ1v) is 7.31. The van der Waals surface area contributed by atoms with Gasteiger partial charge in [0.25, 0.3) is 0 Å². The molecule has 6 heteroatoms. The topological polar surface area (TPSA) is 43.1 Å². The van der Waals surface area contributed by atoms with E-state index in [0.717, 1.165) is 11.2 Å². The number of fused-ring (bicyclic) bond motifs is 1. The number of hydrogen-bond donors (Lipinski definition) is 0. The summed E-state index contributed by atoms with van der Waals surface area (Å²) < 4.78 is 15.9. The van der Waals surface area contributed by atoms with Crippen LogP contribution < -0.4 is 0 Å². The summed E-state index contributed by atoms with van der Waals surface area (Å²) in [4.78, 5) is 8.50. The van der Waals surface area contributed by atoms with Gasteiger partial charge in [0.05, 0.1) is 11.4 Å². The molecule has 0 amide bonds. The van der Waals surface area contributed by atoms with Crippen LogP contribution in [0.15, 0.2) is 61.1 Å². The zero-order chi connectivity index (χ0) is 15.8. The van der Waals surface area contributed by atoms with E-state index in [2.05, 4.69) is 15.1 Å². The molecule has 0 unspecified atom stereocenters. The van der Waals surface area contributed by atoms with Crippen LogP contribution in [0, 0.1) is 5.82 Å². The molecule has 0 aliphatic heterocycles. The first-order valence-electron chi connectivity index (χ1n) is 6.93. The zero-order valence-electron chi connectivity index (χ0n) is 11.8. The van der Waals surface area contributed by atoms with Gasteiger partial charge in [-0.3, -0.25) is 4.98 Å². The quantitative estimate of drug-likeness (QED) is 0.553. The third-order valence-electron chi connectivity index (χ3n) is 3.52. The monoisotopic (exact) mass is 324 g/mol. The van der Waals surface area contributed by atoms with E-state index in [1.54, 1.807) is 35.2 Å². The Morgan fingerprint density at radius 2 is 1.87 bits per heavy atom. The molecule has 4 rings (SSSR count). The molecule has 0 N–H and O–H groups in total. The van der Waals surface area contributed by atoms with Crippen molar-refractivity contribution in [2.24, 2.45) is 0 Å². The number of halogens is 2. The molecular weight excluding hydrogens is 315 g/mol. The minimum absolute atomic E-state index is 0.348. The van der Waals surface area contributed by atoms with Gasteiger partial charge in [0.1, 0.15) is 5.82 Å². The van der Waals surface area contributed by atoms with E-state index < -0.39 is 0 Å². The fourth-order valence-corrected chi connectivity index (χ4v) is 2.64. The summed E-state index contributed by atoms with van der Waals surface area (Å²) >= 11 is 6.01. The van der Waals surface area contributed by atoms with Gasteiger partial charge < -0.3 is 0 Å². The average Bonchev–Trinajstić information content (AvgIpc) is 3.05. The maximum Gasteiger partial charge on any atom is 0.153 e. The summed E-state index contributed by atoms with van der Waals surface area (Å²) in [6.07, 6.45) is 5.05. The second kappa shape index (κ2) is 5.44. The van der Waals surface area contributed by atoms with Gasteiger partial charge in [0.15, 0.2) is 5.65 Å². The average molecular weight is 325 g/mol. The highest BCUT2D eigenvalue weighted by Gasteiger charge is 2.14. The van der Waals surface area contributed by atoms with E-state index >= 15 is 0 Å². The van der Waals surface area contributed by atoms with Crippen molar-refractivity contribution < 1.29 is 4.39 Å². The van der Waals surface area contributed by atoms with Crippen LogP contribution in [-0.4, -0.2) is 19.6 Å². The van der Waals surface area contributed by atoms with E-state index in [-0.39, 0.29) is 5.82 Å². The van der Waals surface area contributed by atoms with Gasteiger partial charge in [-0.1, -0.05) is 11.6 Å². The number of rotatable bonds is 2. The van der Waals surface area contributed by atoms with Crippen LogP contribution >= 0.6 is 11.6 Å². The normalized spacial score (nSPS) is 11.0. The molecule has 0 aliphatic carbocycles. The highest BCUT2D eigenvalue weighted by molar-refractivity contribution is 6.30. The lowest BCUT2D eigenvalue weighted by molar-refractivity contribution is 0.631. The lowest BCUT2D eigenvalue weighted by Crippen LogP contribution is -1.97. The predicted octanol–water partition coefficient (Wildman–Crippen LogP) is 4.25. The van der Waals surface area contributed by atoms with Gasteiger partial charge >= 0.3 is 0 Å². The zero-order valence-corrected chi connectivity index (χ0v) is 12.6. The third-order valence-corrected chi connectivity index (χ3v) is 3.76. The molecule has 4 nitrogen and oxygen atoms in total. The third kappa shape index (κ3) is 2.45. The number of pyridine rings is 1. The van der Waals surface area contributed by atoms with Crippen LogP contribution in [0.5, 0.6) is 0 Å². The lowest BCUT2D eigenvalue weighted by Gasteiger charge is -2.09. The van der Waals surface area contributed by atoms with Crippen LogP contribution in [0.2, 0.25) is 5.02 Å². The fraction of sp³-hybridized carbons (Fsp3) is 0. The largest absolute Gasteiger partial charge is 0.255 e. The van der Waals surface area contributed by atoms with Gasteiger partial charge in [-0.15, -0.1) is 0 Å². The summed E-state index contributed by atoms with van der Waals surface area (Å²) in [6, 6.07) is 11.8. The minimum Gasteiger partial charge on any atom is -0.255 e. The molecular formula is C17H10ClFN4. The predicted molar refractivity (Wildman–Crippen MR) is 86.6 cm³/mol. The first-order chi connectivity index (χ1) is 11.2. The molecule has 0 saturated heterocycles. The van der Waals surface area contributed by atoms with E-state index in [1.807, 2.05) is 18.2 Å². The summed E-state index contributed by atoms with van der Waals surface area (Å²) in [5.41, 5.74) is 3.00. The Morgan fingerprint density at radius 1 is 0.957 bits per heavy atom. The Kier molecular flexibility index (Phi) is 3.28. The number of benzene rings is 1. The molecule has 0 bridgehead atoms. The molecule has 4 aromatic rings. The summed E-state index contributed by atoms with van der Waals surface area (Å²) in [7, 11) is 0. The van der Waals surface area contributed by atoms with Crippen molar-refractivity contribution in [1.29, 1.82) is 0 Å². The SMILES string of the molecule is Fc1ccc(Cl)cc1-c1ncccc1-c1ccc2nccn2n1. The number of hydrogen-bond acceptors (Lipinski definition) is 3. The standard InChI is InChI=1S/C17H10ClFN4/c18-11-3-4-14(19)13(10-11)17-12(2-1-7-21-17)15-5-6-16-20-8-9-23(16)22-15/h1-10H. The molecule has 3 aromatic heterocycles. The Balaban J connectivity index is 1.94. The molecule has 0 aliphatic rings. The van der Waals surface area contributed by atoms with Crippen molar-refractivity contribution in [2.75, 3.05) is 0 Å². The highest BCUT2D eigenvalue weighted by Crippen LogP contribution is 2.32. The Labute approximate surface area is 136 Å². The van der Waals surface area contributed by atoms with Crippen molar-refractivity contribution in [3.05, 3.63) is 71.9 Å². The number of imidazole rings is 1. The maximum atomic E-state index is 14.2. The second-order valence-corrected chi connectivity index (χ2v) is 5.41.